The van der Waals surface area contributed by atoms with Gasteiger partial charge in [0.15, 0.2) is 0 Å². The number of halogens is 2. The van der Waals surface area contributed by atoms with Gasteiger partial charge in [-0.2, -0.15) is 0 Å². The first-order chi connectivity index (χ1) is 15.0. The number of rotatable bonds is 7. The topological polar surface area (TPSA) is 98.1 Å². The second kappa shape index (κ2) is 9.86. The fourth-order valence-electron chi connectivity index (χ4n) is 3.31. The molecule has 0 aliphatic carbocycles. The van der Waals surface area contributed by atoms with E-state index in [1.165, 1.54) is 16.2 Å². The molecule has 32 heavy (non-hydrogen) atoms. The lowest BCUT2D eigenvalue weighted by molar-refractivity contribution is 0.395. The number of methoxy groups -OCH3 is 1. The van der Waals surface area contributed by atoms with E-state index in [1.807, 2.05) is 25.2 Å². The van der Waals surface area contributed by atoms with Crippen LogP contribution >= 0.6 is 28.3 Å². The van der Waals surface area contributed by atoms with Crippen LogP contribution in [-0.2, 0) is 16.6 Å². The monoisotopic (exact) mass is 537 g/mol. The normalized spacial score (nSPS) is 11.2. The van der Waals surface area contributed by atoms with Crippen molar-refractivity contribution in [2.45, 2.75) is 11.4 Å². The fourth-order valence-corrected chi connectivity index (χ4v) is 5.15. The van der Waals surface area contributed by atoms with Crippen molar-refractivity contribution in [2.24, 2.45) is 0 Å². The van der Waals surface area contributed by atoms with Crippen molar-refractivity contribution in [3.05, 3.63) is 71.2 Å². The molecule has 0 unspecified atom stereocenters. The van der Waals surface area contributed by atoms with Crippen LogP contribution in [0.3, 0.4) is 0 Å². The van der Waals surface area contributed by atoms with Gasteiger partial charge in [0.1, 0.15) is 9.37 Å². The van der Waals surface area contributed by atoms with Gasteiger partial charge in [-0.05, 0) is 58.9 Å². The minimum Gasteiger partial charge on any atom is -0.480 e. The van der Waals surface area contributed by atoms with Gasteiger partial charge in [0.25, 0.3) is 10.0 Å². The number of ether oxygens (including phenoxy) is 1. The number of pyridine rings is 2. The molecule has 0 saturated carbocycles. The molecule has 0 amide bonds. The van der Waals surface area contributed by atoms with Gasteiger partial charge >= 0.3 is 0 Å². The molecule has 2 N–H and O–H groups in total. The van der Waals surface area contributed by atoms with Crippen LogP contribution in [0, 0.1) is 0 Å². The van der Waals surface area contributed by atoms with Crippen LogP contribution in [0.2, 0.25) is 0 Å². The molecule has 0 atom stereocenters. The molecule has 0 aliphatic heterocycles. The SMILES string of the molecule is CNCc1cn(S(=O)(=O)c2cccnc2)c2cc(Nc3ccnc(OC)c3Br)ccc12.Cl. The number of fused-ring (bicyclic) bond motifs is 1. The van der Waals surface area contributed by atoms with Gasteiger partial charge in [-0.1, -0.05) is 6.07 Å². The van der Waals surface area contributed by atoms with Gasteiger partial charge < -0.3 is 15.4 Å². The first-order valence-electron chi connectivity index (χ1n) is 9.35. The summed E-state index contributed by atoms with van der Waals surface area (Å²) >= 11 is 3.48. The molecule has 4 aromatic rings. The summed E-state index contributed by atoms with van der Waals surface area (Å²) in [6.07, 6.45) is 6.17. The largest absolute Gasteiger partial charge is 0.480 e. The molecule has 3 heterocycles. The Morgan fingerprint density at radius 3 is 2.69 bits per heavy atom. The van der Waals surface area contributed by atoms with Crippen molar-refractivity contribution in [3.63, 3.8) is 0 Å². The summed E-state index contributed by atoms with van der Waals surface area (Å²) in [7, 11) is -0.446. The summed E-state index contributed by atoms with van der Waals surface area (Å²) in [6, 6.07) is 10.6. The van der Waals surface area contributed by atoms with Crippen molar-refractivity contribution < 1.29 is 13.2 Å². The van der Waals surface area contributed by atoms with Crippen LogP contribution in [0.4, 0.5) is 11.4 Å². The second-order valence-corrected chi connectivity index (χ2v) is 9.32. The maximum absolute atomic E-state index is 13.3. The van der Waals surface area contributed by atoms with Crippen LogP contribution in [0.25, 0.3) is 10.9 Å². The van der Waals surface area contributed by atoms with E-state index in [-0.39, 0.29) is 17.3 Å². The van der Waals surface area contributed by atoms with Crippen molar-refractivity contribution in [1.29, 1.82) is 0 Å². The molecule has 8 nitrogen and oxygen atoms in total. The maximum atomic E-state index is 13.3. The zero-order chi connectivity index (χ0) is 22.0. The molecule has 168 valence electrons. The lowest BCUT2D eigenvalue weighted by Crippen LogP contribution is -2.12. The predicted octanol–water partition coefficient (Wildman–Crippen LogP) is 4.32. The fraction of sp³-hybridized carbons (Fsp3) is 0.143. The van der Waals surface area contributed by atoms with E-state index >= 15 is 0 Å². The Hall–Kier alpha value is -2.66. The average molecular weight is 539 g/mol. The lowest BCUT2D eigenvalue weighted by atomic mass is 10.1. The Labute approximate surface area is 200 Å². The Kier molecular flexibility index (Phi) is 7.40. The van der Waals surface area contributed by atoms with Crippen LogP contribution < -0.4 is 15.4 Å². The molecule has 0 radical (unpaired) electrons. The molecule has 0 spiro atoms. The first kappa shape index (κ1) is 24.0. The van der Waals surface area contributed by atoms with E-state index < -0.39 is 10.0 Å². The molecular formula is C21H21BrClN5O3S. The first-order valence-corrected chi connectivity index (χ1v) is 11.6. The Balaban J connectivity index is 0.00000289. The summed E-state index contributed by atoms with van der Waals surface area (Å²) in [5.74, 6) is 0.449. The molecule has 1 aromatic carbocycles. The highest BCUT2D eigenvalue weighted by molar-refractivity contribution is 9.10. The molecule has 3 aromatic heterocycles. The zero-order valence-corrected chi connectivity index (χ0v) is 20.5. The highest BCUT2D eigenvalue weighted by Gasteiger charge is 2.22. The van der Waals surface area contributed by atoms with E-state index in [0.717, 1.165) is 22.3 Å². The number of nitrogens with one attached hydrogen (secondary N) is 2. The van der Waals surface area contributed by atoms with Crippen LogP contribution in [0.1, 0.15) is 5.56 Å². The minimum absolute atomic E-state index is 0. The highest BCUT2D eigenvalue weighted by Crippen LogP contribution is 2.34. The third kappa shape index (κ3) is 4.44. The Morgan fingerprint density at radius 1 is 1.19 bits per heavy atom. The van der Waals surface area contributed by atoms with Crippen LogP contribution in [-0.4, -0.2) is 36.5 Å². The minimum atomic E-state index is -3.81. The van der Waals surface area contributed by atoms with Crippen molar-refractivity contribution in [3.8, 4) is 5.88 Å². The quantitative estimate of drug-likeness (QED) is 0.361. The smallest absolute Gasteiger partial charge is 0.269 e. The summed E-state index contributed by atoms with van der Waals surface area (Å²) < 4.78 is 33.9. The third-order valence-corrected chi connectivity index (χ3v) is 7.17. The van der Waals surface area contributed by atoms with E-state index in [0.29, 0.717) is 22.4 Å². The van der Waals surface area contributed by atoms with Crippen molar-refractivity contribution in [2.75, 3.05) is 19.5 Å². The molecule has 0 aliphatic rings. The number of hydrogen-bond donors (Lipinski definition) is 2. The summed E-state index contributed by atoms with van der Waals surface area (Å²) in [4.78, 5) is 8.23. The molecular weight excluding hydrogens is 518 g/mol. The molecule has 0 fully saturated rings. The predicted molar refractivity (Wildman–Crippen MR) is 131 cm³/mol. The van der Waals surface area contributed by atoms with Crippen molar-refractivity contribution in [1.82, 2.24) is 19.3 Å². The van der Waals surface area contributed by atoms with Crippen LogP contribution in [0.15, 0.2) is 70.6 Å². The summed E-state index contributed by atoms with van der Waals surface area (Å²) in [5, 5.41) is 7.23. The van der Waals surface area contributed by atoms with Gasteiger partial charge in [0, 0.05) is 42.4 Å². The summed E-state index contributed by atoms with van der Waals surface area (Å²) in [5.41, 5.74) is 2.91. The lowest BCUT2D eigenvalue weighted by Gasteiger charge is -2.12. The van der Waals surface area contributed by atoms with Gasteiger partial charge in [0.05, 0.1) is 18.3 Å². The number of hydrogen-bond acceptors (Lipinski definition) is 7. The zero-order valence-electron chi connectivity index (χ0n) is 17.2. The van der Waals surface area contributed by atoms with E-state index in [2.05, 4.69) is 36.5 Å². The van der Waals surface area contributed by atoms with E-state index in [9.17, 15) is 8.42 Å². The van der Waals surface area contributed by atoms with Crippen LogP contribution in [0.5, 0.6) is 5.88 Å². The number of anilines is 2. The van der Waals surface area contributed by atoms with E-state index in [4.69, 9.17) is 4.74 Å². The van der Waals surface area contributed by atoms with Gasteiger partial charge in [0.2, 0.25) is 5.88 Å². The second-order valence-electron chi connectivity index (χ2n) is 6.71. The number of benzene rings is 1. The van der Waals surface area contributed by atoms with E-state index in [1.54, 1.807) is 37.8 Å². The number of aromatic nitrogens is 3. The number of nitrogens with zero attached hydrogens (tertiary/aromatic N) is 3. The van der Waals surface area contributed by atoms with Gasteiger partial charge in [-0.15, -0.1) is 12.4 Å². The maximum Gasteiger partial charge on any atom is 0.269 e. The van der Waals surface area contributed by atoms with Crippen molar-refractivity contribution >= 4 is 60.6 Å². The molecule has 4 rings (SSSR count). The molecule has 0 bridgehead atoms. The average Bonchev–Trinajstić information content (AvgIpc) is 3.15. The standard InChI is InChI=1S/C21H20BrN5O3S.ClH/c1-23-11-14-13-27(31(28,29)16-4-3-8-24-12-16)19-10-15(5-6-17(14)19)26-18-7-9-25-21(30-2)20(18)22;/h3-10,12-13,23H,11H2,1-2H3,(H,25,26);1H. The Bertz CT molecular complexity index is 1350. The third-order valence-electron chi connectivity index (χ3n) is 4.74. The van der Waals surface area contributed by atoms with Gasteiger partial charge in [-0.3, -0.25) is 4.98 Å². The molecule has 0 saturated heterocycles. The molecule has 11 heteroatoms. The highest BCUT2D eigenvalue weighted by atomic mass is 79.9. The Morgan fingerprint density at radius 2 is 2.00 bits per heavy atom. The summed E-state index contributed by atoms with van der Waals surface area (Å²) in [6.45, 7) is 0.534. The van der Waals surface area contributed by atoms with Gasteiger partial charge in [-0.25, -0.2) is 17.4 Å².